The van der Waals surface area contributed by atoms with Crippen molar-refractivity contribution in [3.05, 3.63) is 70.4 Å². The molecule has 0 unspecified atom stereocenters. The van der Waals surface area contributed by atoms with Crippen molar-refractivity contribution in [1.82, 2.24) is 9.66 Å². The van der Waals surface area contributed by atoms with Crippen LogP contribution in [0.25, 0.3) is 11.3 Å². The lowest BCUT2D eigenvalue weighted by atomic mass is 10.0. The average Bonchev–Trinajstić information content (AvgIpc) is 3.21. The maximum atomic E-state index is 7.76. The van der Waals surface area contributed by atoms with Gasteiger partial charge in [0.2, 0.25) is 5.95 Å². The number of fused-ring (bicyclic) bond motifs is 1. The molecule has 0 aliphatic heterocycles. The molecule has 6 nitrogen and oxygen atoms in total. The number of nitrogens with two attached hydrogens (primary N) is 2. The zero-order chi connectivity index (χ0) is 19.1. The Bertz CT molecular complexity index is 1090. The molecule has 0 amide bonds. The Labute approximate surface area is 158 Å². The zero-order valence-electron chi connectivity index (χ0n) is 15.5. The second-order valence-electron chi connectivity index (χ2n) is 6.92. The van der Waals surface area contributed by atoms with Crippen LogP contribution in [0, 0.1) is 19.3 Å². The van der Waals surface area contributed by atoms with Gasteiger partial charge in [-0.25, -0.2) is 9.66 Å². The molecule has 0 saturated heterocycles. The van der Waals surface area contributed by atoms with Gasteiger partial charge in [-0.1, -0.05) is 30.3 Å². The van der Waals surface area contributed by atoms with Gasteiger partial charge in [-0.3, -0.25) is 5.41 Å². The van der Waals surface area contributed by atoms with E-state index in [0.29, 0.717) is 5.95 Å². The molecule has 1 aliphatic rings. The molecule has 0 saturated carbocycles. The van der Waals surface area contributed by atoms with Crippen LogP contribution in [0.5, 0.6) is 0 Å². The molecule has 1 aromatic heterocycles. The number of nitrogens with zero attached hydrogens (tertiary/aromatic N) is 3. The van der Waals surface area contributed by atoms with E-state index in [1.54, 1.807) is 4.68 Å². The van der Waals surface area contributed by atoms with Crippen LogP contribution in [0.15, 0.2) is 47.7 Å². The van der Waals surface area contributed by atoms with Crippen LogP contribution in [-0.2, 0) is 6.42 Å². The third-order valence-corrected chi connectivity index (χ3v) is 5.13. The number of hydrogen-bond donors (Lipinski definition) is 3. The number of aromatic nitrogens is 2. The number of nitrogens with one attached hydrogen (secondary N) is 1. The fourth-order valence-electron chi connectivity index (χ4n) is 3.50. The lowest BCUT2D eigenvalue weighted by Gasteiger charge is -2.06. The zero-order valence-corrected chi connectivity index (χ0v) is 15.5. The van der Waals surface area contributed by atoms with Gasteiger partial charge in [0, 0.05) is 16.7 Å². The number of amidine groups is 1. The SMILES string of the molecule is Cc1ccc(-c2cn(N=C3CCc4c(C(=N)N)cccc43)c(N)n2)cc1C. The van der Waals surface area contributed by atoms with E-state index in [-0.39, 0.29) is 5.84 Å². The Morgan fingerprint density at radius 1 is 1.15 bits per heavy atom. The number of nitrogen functional groups attached to an aromatic ring is 2. The second kappa shape index (κ2) is 6.39. The highest BCUT2D eigenvalue weighted by Crippen LogP contribution is 2.27. The van der Waals surface area contributed by atoms with Crippen LogP contribution >= 0.6 is 0 Å². The Morgan fingerprint density at radius 2 is 1.96 bits per heavy atom. The first-order valence-corrected chi connectivity index (χ1v) is 8.91. The van der Waals surface area contributed by atoms with Crippen molar-refractivity contribution >= 4 is 17.5 Å². The molecule has 2 aromatic carbocycles. The van der Waals surface area contributed by atoms with Gasteiger partial charge in [-0.15, -0.1) is 0 Å². The molecule has 136 valence electrons. The van der Waals surface area contributed by atoms with Crippen LogP contribution < -0.4 is 11.5 Å². The maximum Gasteiger partial charge on any atom is 0.221 e. The Kier molecular flexibility index (Phi) is 4.03. The summed E-state index contributed by atoms with van der Waals surface area (Å²) in [5, 5.41) is 12.5. The molecule has 0 spiro atoms. The first kappa shape index (κ1) is 17.0. The van der Waals surface area contributed by atoms with Gasteiger partial charge in [0.1, 0.15) is 5.84 Å². The minimum atomic E-state index is 0.0901. The molecule has 5 N–H and O–H groups in total. The van der Waals surface area contributed by atoms with Crippen molar-refractivity contribution in [3.63, 3.8) is 0 Å². The first-order chi connectivity index (χ1) is 12.9. The lowest BCUT2D eigenvalue weighted by molar-refractivity contribution is 0.883. The van der Waals surface area contributed by atoms with E-state index in [2.05, 4.69) is 31.0 Å². The molecule has 0 radical (unpaired) electrons. The monoisotopic (exact) mass is 358 g/mol. The van der Waals surface area contributed by atoms with E-state index in [0.717, 1.165) is 46.5 Å². The van der Waals surface area contributed by atoms with E-state index in [4.69, 9.17) is 22.0 Å². The molecular formula is C21H22N6. The van der Waals surface area contributed by atoms with E-state index in [1.165, 1.54) is 11.1 Å². The number of benzene rings is 2. The summed E-state index contributed by atoms with van der Waals surface area (Å²) in [4.78, 5) is 4.48. The summed E-state index contributed by atoms with van der Waals surface area (Å²) in [6.45, 7) is 4.17. The second-order valence-corrected chi connectivity index (χ2v) is 6.92. The van der Waals surface area contributed by atoms with Crippen molar-refractivity contribution < 1.29 is 0 Å². The summed E-state index contributed by atoms with van der Waals surface area (Å²) in [7, 11) is 0. The van der Waals surface area contributed by atoms with Gasteiger partial charge in [0.05, 0.1) is 17.6 Å². The fraction of sp³-hybridized carbons (Fsp3) is 0.190. The standard InChI is InChI=1S/C21H22N6/c1-12-6-7-14(10-13(12)2)19-11-27(21(24)25-19)26-18-9-8-15-16(18)4-3-5-17(15)20(22)23/h3-7,10-11H,8-9H2,1-2H3,(H3,22,23)(H2,24,25). The topological polar surface area (TPSA) is 106 Å². The highest BCUT2D eigenvalue weighted by atomic mass is 15.4. The van der Waals surface area contributed by atoms with Crippen molar-refractivity contribution in [2.75, 3.05) is 5.73 Å². The van der Waals surface area contributed by atoms with Crippen LogP contribution in [0.1, 0.15) is 34.2 Å². The largest absolute Gasteiger partial charge is 0.384 e. The van der Waals surface area contributed by atoms with Gasteiger partial charge in [0.25, 0.3) is 0 Å². The van der Waals surface area contributed by atoms with Crippen molar-refractivity contribution in [3.8, 4) is 11.3 Å². The molecule has 0 atom stereocenters. The molecule has 1 aliphatic carbocycles. The third kappa shape index (κ3) is 2.99. The van der Waals surface area contributed by atoms with Gasteiger partial charge in [0.15, 0.2) is 0 Å². The molecule has 4 rings (SSSR count). The number of rotatable bonds is 3. The molecule has 27 heavy (non-hydrogen) atoms. The number of imidazole rings is 1. The Morgan fingerprint density at radius 3 is 2.70 bits per heavy atom. The summed E-state index contributed by atoms with van der Waals surface area (Å²) >= 11 is 0. The number of anilines is 1. The predicted octanol–water partition coefficient (Wildman–Crippen LogP) is 3.23. The van der Waals surface area contributed by atoms with Crippen molar-refractivity contribution in [2.45, 2.75) is 26.7 Å². The Balaban J connectivity index is 1.73. The van der Waals surface area contributed by atoms with Crippen molar-refractivity contribution in [2.24, 2.45) is 10.8 Å². The van der Waals surface area contributed by atoms with E-state index < -0.39 is 0 Å². The molecule has 0 bridgehead atoms. The van der Waals surface area contributed by atoms with Crippen LogP contribution in [-0.4, -0.2) is 21.2 Å². The van der Waals surface area contributed by atoms with Crippen LogP contribution in [0.3, 0.4) is 0 Å². The number of hydrogen-bond acceptors (Lipinski definition) is 4. The lowest BCUT2D eigenvalue weighted by Crippen LogP contribution is -2.13. The van der Waals surface area contributed by atoms with E-state index in [1.807, 2.05) is 30.5 Å². The molecular weight excluding hydrogens is 336 g/mol. The van der Waals surface area contributed by atoms with Crippen molar-refractivity contribution in [1.29, 1.82) is 5.41 Å². The predicted molar refractivity (Wildman–Crippen MR) is 109 cm³/mol. The quantitative estimate of drug-likeness (QED) is 0.494. The van der Waals surface area contributed by atoms with Crippen LogP contribution in [0.2, 0.25) is 0 Å². The Hall–Kier alpha value is -3.41. The molecule has 0 fully saturated rings. The highest BCUT2D eigenvalue weighted by molar-refractivity contribution is 6.08. The highest BCUT2D eigenvalue weighted by Gasteiger charge is 2.22. The fourth-order valence-corrected chi connectivity index (χ4v) is 3.50. The summed E-state index contributed by atoms with van der Waals surface area (Å²) < 4.78 is 1.63. The number of aryl methyl sites for hydroxylation is 2. The van der Waals surface area contributed by atoms with Gasteiger partial charge in [-0.05, 0) is 49.4 Å². The summed E-state index contributed by atoms with van der Waals surface area (Å²) in [6.07, 6.45) is 3.47. The van der Waals surface area contributed by atoms with Gasteiger partial charge < -0.3 is 11.5 Å². The summed E-state index contributed by atoms with van der Waals surface area (Å²) in [6, 6.07) is 12.1. The third-order valence-electron chi connectivity index (χ3n) is 5.13. The van der Waals surface area contributed by atoms with E-state index >= 15 is 0 Å². The minimum absolute atomic E-state index is 0.0901. The summed E-state index contributed by atoms with van der Waals surface area (Å²) in [5.41, 5.74) is 19.9. The average molecular weight is 358 g/mol. The summed E-state index contributed by atoms with van der Waals surface area (Å²) in [5.74, 6) is 0.444. The molecule has 3 aromatic rings. The van der Waals surface area contributed by atoms with E-state index in [9.17, 15) is 0 Å². The van der Waals surface area contributed by atoms with Gasteiger partial charge >= 0.3 is 0 Å². The smallest absolute Gasteiger partial charge is 0.221 e. The maximum absolute atomic E-state index is 7.76. The minimum Gasteiger partial charge on any atom is -0.384 e. The molecule has 1 heterocycles. The molecule has 6 heteroatoms. The first-order valence-electron chi connectivity index (χ1n) is 8.91. The van der Waals surface area contributed by atoms with Gasteiger partial charge in [-0.2, -0.15) is 5.10 Å². The van der Waals surface area contributed by atoms with Crippen LogP contribution in [0.4, 0.5) is 5.95 Å². The normalized spacial score (nSPS) is 14.5.